The van der Waals surface area contributed by atoms with Crippen molar-refractivity contribution in [1.29, 1.82) is 0 Å². The van der Waals surface area contributed by atoms with E-state index < -0.39 is 0 Å². The second-order valence-electron chi connectivity index (χ2n) is 6.26. The van der Waals surface area contributed by atoms with Crippen LogP contribution in [0.25, 0.3) is 0 Å². The van der Waals surface area contributed by atoms with Crippen molar-refractivity contribution in [2.24, 2.45) is 5.92 Å². The molecule has 0 atom stereocenters. The molecule has 0 spiro atoms. The zero-order chi connectivity index (χ0) is 17.4. The van der Waals surface area contributed by atoms with Crippen LogP contribution >= 0.6 is 0 Å². The van der Waals surface area contributed by atoms with Gasteiger partial charge in [-0.05, 0) is 37.0 Å². The molecule has 0 radical (unpaired) electrons. The number of carbonyl (C=O) groups is 1. The van der Waals surface area contributed by atoms with Crippen molar-refractivity contribution in [2.75, 3.05) is 33.1 Å². The summed E-state index contributed by atoms with van der Waals surface area (Å²) in [4.78, 5) is 14.0. The summed E-state index contributed by atoms with van der Waals surface area (Å²) in [5.74, 6) is 2.04. The summed E-state index contributed by atoms with van der Waals surface area (Å²) in [6.45, 7) is 9.72. The summed E-state index contributed by atoms with van der Waals surface area (Å²) in [6.07, 6.45) is 0.819. The largest absolute Gasteiger partial charge is 0.454 e. The van der Waals surface area contributed by atoms with Gasteiger partial charge in [0.05, 0.1) is 0 Å². The number of amides is 2. The van der Waals surface area contributed by atoms with Crippen LogP contribution in [0, 0.1) is 5.92 Å². The van der Waals surface area contributed by atoms with Gasteiger partial charge in [-0.2, -0.15) is 0 Å². The maximum atomic E-state index is 12.3. The summed E-state index contributed by atoms with van der Waals surface area (Å²) in [5.41, 5.74) is 1.02. The first-order chi connectivity index (χ1) is 11.6. The highest BCUT2D eigenvalue weighted by Gasteiger charge is 2.16. The van der Waals surface area contributed by atoms with Gasteiger partial charge in [0.1, 0.15) is 0 Å². The summed E-state index contributed by atoms with van der Waals surface area (Å²) in [6, 6.07) is 5.72. The first kappa shape index (κ1) is 18.4. The lowest BCUT2D eigenvalue weighted by Gasteiger charge is -2.21. The molecular formula is C18H28N2O4. The molecule has 1 aliphatic rings. The molecule has 24 heavy (non-hydrogen) atoms. The fourth-order valence-electron chi connectivity index (χ4n) is 2.39. The number of fused-ring (bicyclic) bond motifs is 1. The molecule has 0 saturated heterocycles. The summed E-state index contributed by atoms with van der Waals surface area (Å²) >= 11 is 0. The number of carbonyl (C=O) groups excluding carboxylic acids is 1. The van der Waals surface area contributed by atoms with Crippen LogP contribution in [0.15, 0.2) is 18.2 Å². The molecule has 1 aliphatic heterocycles. The van der Waals surface area contributed by atoms with Crippen LogP contribution in [0.5, 0.6) is 11.5 Å². The van der Waals surface area contributed by atoms with Gasteiger partial charge in [-0.25, -0.2) is 4.79 Å². The van der Waals surface area contributed by atoms with Gasteiger partial charge in [-0.3, -0.25) is 0 Å². The number of benzene rings is 1. The molecule has 6 nitrogen and oxygen atoms in total. The molecular weight excluding hydrogens is 308 g/mol. The predicted octanol–water partition coefficient (Wildman–Crippen LogP) is 3.01. The Kier molecular flexibility index (Phi) is 7.18. The molecule has 1 N–H and O–H groups in total. The quantitative estimate of drug-likeness (QED) is 0.704. The highest BCUT2D eigenvalue weighted by Crippen LogP contribution is 2.32. The normalized spacial score (nSPS) is 12.5. The zero-order valence-electron chi connectivity index (χ0n) is 14.8. The van der Waals surface area contributed by atoms with E-state index in [0.717, 1.165) is 30.1 Å². The molecule has 6 heteroatoms. The van der Waals surface area contributed by atoms with Crippen LogP contribution in [-0.2, 0) is 11.3 Å². The number of nitrogens with zero attached hydrogens (tertiary/aromatic N) is 1. The van der Waals surface area contributed by atoms with E-state index in [1.165, 1.54) is 0 Å². The van der Waals surface area contributed by atoms with Crippen LogP contribution in [0.2, 0.25) is 0 Å². The Morgan fingerprint density at radius 3 is 2.88 bits per heavy atom. The number of hydrogen-bond acceptors (Lipinski definition) is 4. The molecule has 1 aromatic carbocycles. The molecule has 0 fully saturated rings. The third kappa shape index (κ3) is 5.60. The maximum Gasteiger partial charge on any atom is 0.317 e. The third-order valence-corrected chi connectivity index (χ3v) is 3.67. The molecule has 2 amide bonds. The fraction of sp³-hybridized carbons (Fsp3) is 0.611. The standard InChI is InChI=1S/C18H28N2O4/c1-4-20(18(21)19-8-5-9-22-12-14(2)3)11-15-6-7-16-17(10-15)24-13-23-16/h6-7,10,14H,4-5,8-9,11-13H2,1-3H3,(H,19,21). The lowest BCUT2D eigenvalue weighted by atomic mass is 10.2. The number of rotatable bonds is 9. The van der Waals surface area contributed by atoms with Crippen molar-refractivity contribution in [3.05, 3.63) is 23.8 Å². The van der Waals surface area contributed by atoms with E-state index in [1.54, 1.807) is 4.90 Å². The Morgan fingerprint density at radius 2 is 2.12 bits per heavy atom. The first-order valence-corrected chi connectivity index (χ1v) is 8.59. The van der Waals surface area contributed by atoms with Gasteiger partial charge in [0.25, 0.3) is 0 Å². The van der Waals surface area contributed by atoms with Crippen LogP contribution < -0.4 is 14.8 Å². The first-order valence-electron chi connectivity index (χ1n) is 8.59. The Balaban J connectivity index is 1.73. The van der Waals surface area contributed by atoms with Gasteiger partial charge in [-0.1, -0.05) is 19.9 Å². The number of urea groups is 1. The minimum atomic E-state index is -0.0565. The third-order valence-electron chi connectivity index (χ3n) is 3.67. The molecule has 134 valence electrons. The number of hydrogen-bond donors (Lipinski definition) is 1. The molecule has 0 aliphatic carbocycles. The summed E-state index contributed by atoms with van der Waals surface area (Å²) in [7, 11) is 0. The van der Waals surface area contributed by atoms with E-state index in [9.17, 15) is 4.79 Å². The second kappa shape index (κ2) is 9.37. The summed E-state index contributed by atoms with van der Waals surface area (Å²) < 4.78 is 16.2. The zero-order valence-corrected chi connectivity index (χ0v) is 14.8. The van der Waals surface area contributed by atoms with Gasteiger partial charge in [-0.15, -0.1) is 0 Å². The Bertz CT molecular complexity index is 534. The van der Waals surface area contributed by atoms with E-state index in [0.29, 0.717) is 32.2 Å². The monoisotopic (exact) mass is 336 g/mol. The van der Waals surface area contributed by atoms with Crippen LogP contribution in [0.3, 0.4) is 0 Å². The van der Waals surface area contributed by atoms with Crippen LogP contribution in [-0.4, -0.2) is 44.0 Å². The lowest BCUT2D eigenvalue weighted by Crippen LogP contribution is -2.40. The average molecular weight is 336 g/mol. The van der Waals surface area contributed by atoms with E-state index >= 15 is 0 Å². The van der Waals surface area contributed by atoms with Gasteiger partial charge in [0.15, 0.2) is 11.5 Å². The smallest absolute Gasteiger partial charge is 0.317 e. The molecule has 2 rings (SSSR count). The van der Waals surface area contributed by atoms with Crippen molar-refractivity contribution in [1.82, 2.24) is 10.2 Å². The Labute approximate surface area is 144 Å². The molecule has 0 unspecified atom stereocenters. The van der Waals surface area contributed by atoms with Crippen molar-refractivity contribution >= 4 is 6.03 Å². The van der Waals surface area contributed by atoms with Crippen LogP contribution in [0.4, 0.5) is 4.79 Å². The van der Waals surface area contributed by atoms with Crippen LogP contribution in [0.1, 0.15) is 32.8 Å². The molecule has 0 aromatic heterocycles. The fourth-order valence-corrected chi connectivity index (χ4v) is 2.39. The predicted molar refractivity (Wildman–Crippen MR) is 92.3 cm³/mol. The van der Waals surface area contributed by atoms with Gasteiger partial charge < -0.3 is 24.4 Å². The molecule has 1 heterocycles. The van der Waals surface area contributed by atoms with Crippen molar-refractivity contribution in [3.63, 3.8) is 0 Å². The van der Waals surface area contributed by atoms with E-state index in [-0.39, 0.29) is 12.8 Å². The average Bonchev–Trinajstić information content (AvgIpc) is 3.03. The summed E-state index contributed by atoms with van der Waals surface area (Å²) in [5, 5.41) is 2.95. The van der Waals surface area contributed by atoms with Gasteiger partial charge in [0, 0.05) is 32.8 Å². The van der Waals surface area contributed by atoms with Crippen molar-refractivity contribution < 1.29 is 19.0 Å². The highest BCUT2D eigenvalue weighted by atomic mass is 16.7. The van der Waals surface area contributed by atoms with Crippen molar-refractivity contribution in [3.8, 4) is 11.5 Å². The molecule has 1 aromatic rings. The lowest BCUT2D eigenvalue weighted by molar-refractivity contribution is 0.108. The van der Waals surface area contributed by atoms with Gasteiger partial charge in [0.2, 0.25) is 6.79 Å². The topological polar surface area (TPSA) is 60.0 Å². The van der Waals surface area contributed by atoms with E-state index in [4.69, 9.17) is 14.2 Å². The highest BCUT2D eigenvalue weighted by molar-refractivity contribution is 5.74. The minimum absolute atomic E-state index is 0.0565. The second-order valence-corrected chi connectivity index (χ2v) is 6.26. The van der Waals surface area contributed by atoms with E-state index in [1.807, 2.05) is 25.1 Å². The van der Waals surface area contributed by atoms with Crippen molar-refractivity contribution in [2.45, 2.75) is 33.7 Å². The Morgan fingerprint density at radius 1 is 1.33 bits per heavy atom. The van der Waals surface area contributed by atoms with E-state index in [2.05, 4.69) is 19.2 Å². The number of ether oxygens (including phenoxy) is 3. The van der Waals surface area contributed by atoms with Gasteiger partial charge >= 0.3 is 6.03 Å². The SMILES string of the molecule is CCN(Cc1ccc2c(c1)OCO2)C(=O)NCCCOCC(C)C. The minimum Gasteiger partial charge on any atom is -0.454 e. The molecule has 0 bridgehead atoms. The maximum absolute atomic E-state index is 12.3. The Hall–Kier alpha value is -1.95. The number of nitrogens with one attached hydrogen (secondary N) is 1. The molecule has 0 saturated carbocycles.